The van der Waals surface area contributed by atoms with Crippen LogP contribution in [-0.2, 0) is 0 Å². The lowest BCUT2D eigenvalue weighted by atomic mass is 10.1. The third-order valence-electron chi connectivity index (χ3n) is 2.58. The zero-order chi connectivity index (χ0) is 14.7. The summed E-state index contributed by atoms with van der Waals surface area (Å²) >= 11 is 0. The van der Waals surface area contributed by atoms with Crippen molar-refractivity contribution in [2.75, 3.05) is 5.32 Å². The van der Waals surface area contributed by atoms with Gasteiger partial charge in [-0.1, -0.05) is 12.1 Å². The fraction of sp³-hybridized carbons (Fsp3) is 0. The first kappa shape index (κ1) is 13.5. The summed E-state index contributed by atoms with van der Waals surface area (Å²) in [5.41, 5.74) is -0.522. The summed E-state index contributed by atoms with van der Waals surface area (Å²) in [6, 6.07) is 8.88. The van der Waals surface area contributed by atoms with Crippen molar-refractivity contribution in [3.05, 3.63) is 64.0 Å². The highest BCUT2D eigenvalue weighted by molar-refractivity contribution is 5.90. The minimum atomic E-state index is -1.23. The molecule has 2 aromatic rings. The summed E-state index contributed by atoms with van der Waals surface area (Å²) in [5, 5.41) is 22.3. The van der Waals surface area contributed by atoms with Gasteiger partial charge >= 0.3 is 5.97 Å². The third-order valence-corrected chi connectivity index (χ3v) is 2.58. The minimum absolute atomic E-state index is 0.0261. The smallest absolute Gasteiger partial charge is 0.335 e. The van der Waals surface area contributed by atoms with Crippen LogP contribution in [0.1, 0.15) is 10.4 Å². The maximum atomic E-state index is 13.5. The maximum absolute atomic E-state index is 13.5. The van der Waals surface area contributed by atoms with Crippen LogP contribution in [0, 0.1) is 15.9 Å². The molecule has 2 N–H and O–H groups in total. The molecule has 7 heteroatoms. The van der Waals surface area contributed by atoms with Crippen molar-refractivity contribution in [3.8, 4) is 0 Å². The molecule has 0 unspecified atom stereocenters. The van der Waals surface area contributed by atoms with Crippen molar-refractivity contribution in [1.29, 1.82) is 0 Å². The molecule has 0 aliphatic rings. The Morgan fingerprint density at radius 2 is 1.90 bits per heavy atom. The largest absolute Gasteiger partial charge is 0.478 e. The van der Waals surface area contributed by atoms with Gasteiger partial charge in [0.1, 0.15) is 11.5 Å². The first-order valence-corrected chi connectivity index (χ1v) is 5.52. The van der Waals surface area contributed by atoms with Gasteiger partial charge in [0, 0.05) is 6.07 Å². The molecule has 0 aliphatic carbocycles. The second kappa shape index (κ2) is 5.35. The summed E-state index contributed by atoms with van der Waals surface area (Å²) in [5.74, 6) is -1.82. The van der Waals surface area contributed by atoms with E-state index < -0.39 is 16.7 Å². The van der Waals surface area contributed by atoms with E-state index in [2.05, 4.69) is 5.32 Å². The predicted molar refractivity (Wildman–Crippen MR) is 69.7 cm³/mol. The molecule has 2 rings (SSSR count). The number of carboxylic acid groups (broad SMARTS) is 1. The van der Waals surface area contributed by atoms with Gasteiger partial charge in [0.2, 0.25) is 0 Å². The Balaban J connectivity index is 2.48. The van der Waals surface area contributed by atoms with Gasteiger partial charge in [0.25, 0.3) is 5.69 Å². The van der Waals surface area contributed by atoms with Gasteiger partial charge in [-0.25, -0.2) is 9.18 Å². The van der Waals surface area contributed by atoms with Gasteiger partial charge < -0.3 is 10.4 Å². The molecule has 0 aliphatic heterocycles. The first-order valence-electron chi connectivity index (χ1n) is 5.52. The molecule has 0 atom stereocenters. The fourth-order valence-corrected chi connectivity index (χ4v) is 1.64. The summed E-state index contributed by atoms with van der Waals surface area (Å²) in [6.07, 6.45) is 0. The van der Waals surface area contributed by atoms with Crippen molar-refractivity contribution >= 4 is 23.0 Å². The molecule has 0 fully saturated rings. The normalized spacial score (nSPS) is 10.1. The number of benzene rings is 2. The highest BCUT2D eigenvalue weighted by Crippen LogP contribution is 2.29. The number of nitro groups is 1. The number of nitrogens with zero attached hydrogens (tertiary/aromatic N) is 1. The molecule has 20 heavy (non-hydrogen) atoms. The summed E-state index contributed by atoms with van der Waals surface area (Å²) < 4.78 is 13.5. The second-order valence-corrected chi connectivity index (χ2v) is 3.90. The van der Waals surface area contributed by atoms with Crippen molar-refractivity contribution in [1.82, 2.24) is 0 Å². The highest BCUT2D eigenvalue weighted by atomic mass is 19.1. The second-order valence-electron chi connectivity index (χ2n) is 3.90. The molecule has 0 radical (unpaired) electrons. The fourth-order valence-electron chi connectivity index (χ4n) is 1.64. The Bertz CT molecular complexity index is 688. The molecule has 102 valence electrons. The average Bonchev–Trinajstić information content (AvgIpc) is 2.41. The number of anilines is 2. The van der Waals surface area contributed by atoms with Crippen LogP contribution in [0.15, 0.2) is 42.5 Å². The van der Waals surface area contributed by atoms with Gasteiger partial charge in [-0.05, 0) is 24.3 Å². The van der Waals surface area contributed by atoms with Crippen LogP contribution >= 0.6 is 0 Å². The Kier molecular flexibility index (Phi) is 3.60. The van der Waals surface area contributed by atoms with E-state index >= 15 is 0 Å². The van der Waals surface area contributed by atoms with E-state index in [1.165, 1.54) is 18.2 Å². The lowest BCUT2D eigenvalue weighted by Gasteiger charge is -2.08. The quantitative estimate of drug-likeness (QED) is 0.660. The van der Waals surface area contributed by atoms with Crippen molar-refractivity contribution < 1.29 is 19.2 Å². The van der Waals surface area contributed by atoms with E-state index in [4.69, 9.17) is 5.11 Å². The molecular formula is C13H9FN2O4. The zero-order valence-electron chi connectivity index (χ0n) is 10.0. The third kappa shape index (κ3) is 2.72. The van der Waals surface area contributed by atoms with Crippen molar-refractivity contribution in [2.45, 2.75) is 0 Å². The van der Waals surface area contributed by atoms with Crippen LogP contribution in [0.4, 0.5) is 21.5 Å². The highest BCUT2D eigenvalue weighted by Gasteiger charge is 2.17. The Labute approximate surface area is 112 Å². The van der Waals surface area contributed by atoms with E-state index in [0.717, 1.165) is 18.2 Å². The van der Waals surface area contributed by atoms with Crippen molar-refractivity contribution in [2.24, 2.45) is 0 Å². The molecule has 0 bridgehead atoms. The lowest BCUT2D eigenvalue weighted by Crippen LogP contribution is -2.02. The van der Waals surface area contributed by atoms with Gasteiger partial charge in [-0.15, -0.1) is 0 Å². The number of hydrogen-bond donors (Lipinski definition) is 2. The number of hydrogen-bond acceptors (Lipinski definition) is 4. The Morgan fingerprint density at radius 1 is 1.20 bits per heavy atom. The number of nitro benzene ring substituents is 1. The van der Waals surface area contributed by atoms with Gasteiger partial charge in [0.15, 0.2) is 0 Å². The number of halogens is 1. The van der Waals surface area contributed by atoms with E-state index in [9.17, 15) is 19.3 Å². The molecule has 0 heterocycles. The first-order chi connectivity index (χ1) is 9.49. The summed E-state index contributed by atoms with van der Waals surface area (Å²) in [4.78, 5) is 21.1. The molecule has 0 aromatic heterocycles. The van der Waals surface area contributed by atoms with E-state index in [0.29, 0.717) is 0 Å². The number of carboxylic acids is 1. The molecule has 0 saturated carbocycles. The van der Waals surface area contributed by atoms with E-state index in [1.807, 2.05) is 0 Å². The van der Waals surface area contributed by atoms with Gasteiger partial charge in [-0.3, -0.25) is 10.1 Å². The number of nitrogens with one attached hydrogen (secondary N) is 1. The number of aromatic carboxylic acids is 1. The van der Waals surface area contributed by atoms with Crippen LogP contribution in [0.25, 0.3) is 0 Å². The molecule has 6 nitrogen and oxygen atoms in total. The molecule has 2 aromatic carbocycles. The molecule has 0 saturated heterocycles. The standard InChI is InChI=1S/C13H9FN2O4/c14-9-3-1-2-4-10(9)15-11-7-8(13(17)18)5-6-12(11)16(19)20/h1-7,15H,(H,17,18). The van der Waals surface area contributed by atoms with Gasteiger partial charge in [0.05, 0.1) is 16.2 Å². The molecule has 0 spiro atoms. The Hall–Kier alpha value is -2.96. The monoisotopic (exact) mass is 276 g/mol. The topological polar surface area (TPSA) is 92.5 Å². The zero-order valence-corrected chi connectivity index (χ0v) is 10.0. The van der Waals surface area contributed by atoms with Crippen molar-refractivity contribution in [3.63, 3.8) is 0 Å². The van der Waals surface area contributed by atoms with Crippen LogP contribution < -0.4 is 5.32 Å². The predicted octanol–water partition coefficient (Wildman–Crippen LogP) is 3.18. The lowest BCUT2D eigenvalue weighted by molar-refractivity contribution is -0.383. The average molecular weight is 276 g/mol. The van der Waals surface area contributed by atoms with E-state index in [1.54, 1.807) is 6.07 Å². The summed E-state index contributed by atoms with van der Waals surface area (Å²) in [7, 11) is 0. The minimum Gasteiger partial charge on any atom is -0.478 e. The number of carbonyl (C=O) groups is 1. The maximum Gasteiger partial charge on any atom is 0.335 e. The molecule has 0 amide bonds. The van der Waals surface area contributed by atoms with Crippen LogP contribution in [0.2, 0.25) is 0 Å². The van der Waals surface area contributed by atoms with E-state index in [-0.39, 0.29) is 22.6 Å². The SMILES string of the molecule is O=C(O)c1ccc([N+](=O)[O-])c(Nc2ccccc2F)c1. The van der Waals surface area contributed by atoms with Gasteiger partial charge in [-0.2, -0.15) is 0 Å². The van der Waals surface area contributed by atoms with Crippen LogP contribution in [0.5, 0.6) is 0 Å². The Morgan fingerprint density at radius 3 is 2.50 bits per heavy atom. The summed E-state index contributed by atoms with van der Waals surface area (Å²) in [6.45, 7) is 0. The number of para-hydroxylation sites is 1. The van der Waals surface area contributed by atoms with Crippen LogP contribution in [0.3, 0.4) is 0 Å². The number of rotatable bonds is 4. The molecular weight excluding hydrogens is 267 g/mol. The van der Waals surface area contributed by atoms with Crippen LogP contribution in [-0.4, -0.2) is 16.0 Å².